The third-order valence-electron chi connectivity index (χ3n) is 1.80. The average molecular weight is 304 g/mol. The summed E-state index contributed by atoms with van der Waals surface area (Å²) in [5, 5.41) is 0. The van der Waals surface area contributed by atoms with E-state index in [0.29, 0.717) is 4.47 Å². The van der Waals surface area contributed by atoms with Gasteiger partial charge in [0.15, 0.2) is 0 Å². The van der Waals surface area contributed by atoms with Crippen LogP contribution in [0.1, 0.15) is 11.1 Å². The minimum atomic E-state index is -4.46. The molecule has 6 heteroatoms. The number of alkyl halides is 4. The van der Waals surface area contributed by atoms with Crippen LogP contribution in [0, 0.1) is 0 Å². The van der Waals surface area contributed by atoms with Crippen molar-refractivity contribution < 1.29 is 17.9 Å². The number of rotatable bonds is 2. The number of ether oxygens (including phenoxy) is 1. The quantitative estimate of drug-likeness (QED) is 0.744. The van der Waals surface area contributed by atoms with Gasteiger partial charge >= 0.3 is 6.18 Å². The van der Waals surface area contributed by atoms with E-state index in [1.54, 1.807) is 0 Å². The Morgan fingerprint density at radius 3 is 2.40 bits per heavy atom. The largest absolute Gasteiger partial charge is 0.496 e. The fourth-order valence-corrected chi connectivity index (χ4v) is 1.92. The molecule has 0 aliphatic rings. The molecule has 0 saturated carbocycles. The Bertz CT molecular complexity index is 340. The molecule has 0 saturated heterocycles. The zero-order valence-corrected chi connectivity index (χ0v) is 10.0. The molecular formula is C9H7BrClF3O. The van der Waals surface area contributed by atoms with Gasteiger partial charge in [-0.3, -0.25) is 0 Å². The predicted octanol–water partition coefficient (Wildman–Crippen LogP) is 4.22. The lowest BCUT2D eigenvalue weighted by Crippen LogP contribution is -2.11. The van der Waals surface area contributed by atoms with Gasteiger partial charge in [0.1, 0.15) is 11.3 Å². The average Bonchev–Trinajstić information content (AvgIpc) is 2.14. The molecule has 0 radical (unpaired) electrons. The third-order valence-corrected chi connectivity index (χ3v) is 2.54. The Kier molecular flexibility index (Phi) is 3.89. The van der Waals surface area contributed by atoms with Gasteiger partial charge in [-0.2, -0.15) is 13.2 Å². The van der Waals surface area contributed by atoms with Crippen LogP contribution in [0.15, 0.2) is 16.6 Å². The molecule has 0 bridgehead atoms. The van der Waals surface area contributed by atoms with E-state index in [0.717, 1.165) is 0 Å². The van der Waals surface area contributed by atoms with Crippen LogP contribution >= 0.6 is 27.5 Å². The van der Waals surface area contributed by atoms with Crippen LogP contribution in [0.25, 0.3) is 0 Å². The highest BCUT2D eigenvalue weighted by Crippen LogP contribution is 2.40. The van der Waals surface area contributed by atoms with Gasteiger partial charge in [0, 0.05) is 10.4 Å². The summed E-state index contributed by atoms with van der Waals surface area (Å²) >= 11 is 8.55. The Morgan fingerprint density at radius 2 is 2.00 bits per heavy atom. The number of hydrogen-bond donors (Lipinski definition) is 0. The van der Waals surface area contributed by atoms with Crippen molar-refractivity contribution in [3.05, 3.63) is 27.7 Å². The van der Waals surface area contributed by atoms with E-state index in [-0.39, 0.29) is 17.2 Å². The van der Waals surface area contributed by atoms with E-state index in [1.807, 2.05) is 0 Å². The van der Waals surface area contributed by atoms with E-state index in [4.69, 9.17) is 11.6 Å². The Morgan fingerprint density at radius 1 is 1.40 bits per heavy atom. The molecule has 1 aromatic carbocycles. The van der Waals surface area contributed by atoms with Gasteiger partial charge in [0.25, 0.3) is 0 Å². The van der Waals surface area contributed by atoms with E-state index in [2.05, 4.69) is 20.7 Å². The zero-order valence-electron chi connectivity index (χ0n) is 7.66. The maximum Gasteiger partial charge on any atom is 0.420 e. The highest BCUT2D eigenvalue weighted by atomic mass is 79.9. The Balaban J connectivity index is 3.44. The minimum absolute atomic E-state index is 0.00427. The lowest BCUT2D eigenvalue weighted by molar-refractivity contribution is -0.139. The molecule has 0 aliphatic heterocycles. The van der Waals surface area contributed by atoms with Gasteiger partial charge in [-0.05, 0) is 17.7 Å². The second-order valence-corrected chi connectivity index (χ2v) is 3.96. The van der Waals surface area contributed by atoms with Gasteiger partial charge in [-0.15, -0.1) is 11.6 Å². The topological polar surface area (TPSA) is 9.23 Å². The van der Waals surface area contributed by atoms with Gasteiger partial charge < -0.3 is 4.74 Å². The van der Waals surface area contributed by atoms with Gasteiger partial charge in [0.2, 0.25) is 0 Å². The van der Waals surface area contributed by atoms with E-state index in [1.165, 1.54) is 19.2 Å². The SMILES string of the molecule is COc1cc(Br)cc(CCl)c1C(F)(F)F. The number of methoxy groups -OCH3 is 1. The van der Waals surface area contributed by atoms with Gasteiger partial charge in [-0.25, -0.2) is 0 Å². The molecule has 0 aromatic heterocycles. The number of halogens is 5. The second kappa shape index (κ2) is 4.61. The maximum absolute atomic E-state index is 12.7. The van der Waals surface area contributed by atoms with E-state index < -0.39 is 11.7 Å². The molecule has 0 fully saturated rings. The lowest BCUT2D eigenvalue weighted by atomic mass is 10.1. The van der Waals surface area contributed by atoms with Crippen LogP contribution in [-0.2, 0) is 12.1 Å². The molecule has 1 nitrogen and oxygen atoms in total. The molecule has 0 heterocycles. The smallest absolute Gasteiger partial charge is 0.420 e. The van der Waals surface area contributed by atoms with Crippen molar-refractivity contribution in [1.29, 1.82) is 0 Å². The first-order chi connectivity index (χ1) is 6.90. The summed E-state index contributed by atoms with van der Waals surface area (Å²) in [6, 6.07) is 2.59. The standard InChI is InChI=1S/C9H7BrClF3O/c1-15-7-3-6(10)2-5(4-11)8(7)9(12,13)14/h2-3H,4H2,1H3. The summed E-state index contributed by atoms with van der Waals surface area (Å²) in [6.45, 7) is 0. The fraction of sp³-hybridized carbons (Fsp3) is 0.333. The van der Waals surface area contributed by atoms with Crippen molar-refractivity contribution in [2.45, 2.75) is 12.1 Å². The highest BCUT2D eigenvalue weighted by Gasteiger charge is 2.37. The summed E-state index contributed by atoms with van der Waals surface area (Å²) in [6.07, 6.45) is -4.46. The van der Waals surface area contributed by atoms with Crippen LogP contribution in [0.2, 0.25) is 0 Å². The molecule has 1 aromatic rings. The Hall–Kier alpha value is -0.420. The number of benzene rings is 1. The molecule has 84 valence electrons. The number of hydrogen-bond acceptors (Lipinski definition) is 1. The van der Waals surface area contributed by atoms with Crippen molar-refractivity contribution in [3.63, 3.8) is 0 Å². The first-order valence-electron chi connectivity index (χ1n) is 3.89. The summed E-state index contributed by atoms with van der Waals surface area (Å²) in [5.74, 6) is -0.447. The molecule has 0 unspecified atom stereocenters. The molecular weight excluding hydrogens is 296 g/mol. The van der Waals surface area contributed by atoms with Crippen molar-refractivity contribution in [2.75, 3.05) is 7.11 Å². The first kappa shape index (κ1) is 12.6. The fourth-order valence-electron chi connectivity index (χ4n) is 1.22. The summed E-state index contributed by atoms with van der Waals surface area (Å²) in [7, 11) is 1.19. The van der Waals surface area contributed by atoms with Crippen LogP contribution in [0.5, 0.6) is 5.75 Å². The summed E-state index contributed by atoms with van der Waals surface area (Å²) in [5.41, 5.74) is -0.821. The molecule has 0 atom stereocenters. The lowest BCUT2D eigenvalue weighted by Gasteiger charge is -2.15. The monoisotopic (exact) mass is 302 g/mol. The van der Waals surface area contributed by atoms with Gasteiger partial charge in [0.05, 0.1) is 7.11 Å². The van der Waals surface area contributed by atoms with Gasteiger partial charge in [-0.1, -0.05) is 15.9 Å². The normalized spacial score (nSPS) is 11.6. The minimum Gasteiger partial charge on any atom is -0.496 e. The van der Waals surface area contributed by atoms with E-state index >= 15 is 0 Å². The summed E-state index contributed by atoms with van der Waals surface area (Å²) < 4.78 is 43.2. The van der Waals surface area contributed by atoms with Crippen LogP contribution in [-0.4, -0.2) is 7.11 Å². The predicted molar refractivity (Wildman–Crippen MR) is 55.3 cm³/mol. The van der Waals surface area contributed by atoms with Crippen molar-refractivity contribution >= 4 is 27.5 Å². The van der Waals surface area contributed by atoms with Crippen molar-refractivity contribution in [3.8, 4) is 5.75 Å². The van der Waals surface area contributed by atoms with Crippen molar-refractivity contribution in [1.82, 2.24) is 0 Å². The van der Waals surface area contributed by atoms with Crippen LogP contribution in [0.3, 0.4) is 0 Å². The molecule has 0 aliphatic carbocycles. The molecule has 0 amide bonds. The van der Waals surface area contributed by atoms with Crippen LogP contribution < -0.4 is 4.74 Å². The molecule has 0 N–H and O–H groups in total. The highest BCUT2D eigenvalue weighted by molar-refractivity contribution is 9.10. The van der Waals surface area contributed by atoms with Crippen LogP contribution in [0.4, 0.5) is 13.2 Å². The zero-order chi connectivity index (χ0) is 11.6. The first-order valence-corrected chi connectivity index (χ1v) is 5.22. The maximum atomic E-state index is 12.7. The van der Waals surface area contributed by atoms with Crippen molar-refractivity contribution in [2.24, 2.45) is 0 Å². The molecule has 0 spiro atoms. The molecule has 1 rings (SSSR count). The Labute approximate surface area is 98.3 Å². The molecule has 15 heavy (non-hydrogen) atoms. The third kappa shape index (κ3) is 2.78. The van der Waals surface area contributed by atoms with E-state index in [9.17, 15) is 13.2 Å². The summed E-state index contributed by atoms with van der Waals surface area (Å²) in [4.78, 5) is 0. The second-order valence-electron chi connectivity index (χ2n) is 2.77.